The van der Waals surface area contributed by atoms with Crippen molar-refractivity contribution in [1.82, 2.24) is 19.5 Å². The molecule has 2 aromatic rings. The lowest BCUT2D eigenvalue weighted by Crippen LogP contribution is -2.25. The van der Waals surface area contributed by atoms with Crippen LogP contribution >= 0.6 is 7.82 Å². The van der Waals surface area contributed by atoms with Crippen molar-refractivity contribution in [3.05, 3.63) is 24.2 Å². The SMILES string of the molecule is CCC1=C(OP(=O)(O)OC)C(OC)[C@H](n2cnc3c(N)ncnc32)O1. The zero-order chi connectivity index (χ0) is 18.2. The van der Waals surface area contributed by atoms with E-state index in [9.17, 15) is 9.46 Å². The highest BCUT2D eigenvalue weighted by Crippen LogP contribution is 2.50. The van der Waals surface area contributed by atoms with Crippen LogP contribution in [0.4, 0.5) is 5.82 Å². The van der Waals surface area contributed by atoms with Crippen LogP contribution in [0.15, 0.2) is 24.2 Å². The van der Waals surface area contributed by atoms with Crippen LogP contribution in [0.25, 0.3) is 11.2 Å². The Morgan fingerprint density at radius 3 is 2.80 bits per heavy atom. The summed E-state index contributed by atoms with van der Waals surface area (Å²) in [6.45, 7) is 1.81. The van der Waals surface area contributed by atoms with Crippen LogP contribution in [0.1, 0.15) is 19.6 Å². The minimum atomic E-state index is -4.27. The largest absolute Gasteiger partial charge is 0.527 e. The third-order valence-electron chi connectivity index (χ3n) is 3.74. The molecule has 0 aromatic carbocycles. The van der Waals surface area contributed by atoms with Gasteiger partial charge in [0.2, 0.25) is 6.23 Å². The molecule has 0 aliphatic carbocycles. The zero-order valence-corrected chi connectivity index (χ0v) is 14.7. The molecule has 0 amide bonds. The number of ether oxygens (including phenoxy) is 2. The molecule has 0 radical (unpaired) electrons. The highest BCUT2D eigenvalue weighted by Gasteiger charge is 2.43. The lowest BCUT2D eigenvalue weighted by Gasteiger charge is -2.21. The van der Waals surface area contributed by atoms with Crippen LogP contribution in [-0.4, -0.2) is 44.7 Å². The molecular weight excluding hydrogens is 353 g/mol. The Morgan fingerprint density at radius 2 is 2.16 bits per heavy atom. The maximum absolute atomic E-state index is 11.8. The second-order valence-electron chi connectivity index (χ2n) is 5.13. The maximum Gasteiger partial charge on any atom is 0.527 e. The number of methoxy groups -OCH3 is 1. The van der Waals surface area contributed by atoms with Crippen molar-refractivity contribution in [1.29, 1.82) is 0 Å². The number of hydrogen-bond acceptors (Lipinski definition) is 9. The number of aromatic nitrogens is 4. The van der Waals surface area contributed by atoms with Crippen LogP contribution in [0, 0.1) is 0 Å². The van der Waals surface area contributed by atoms with Gasteiger partial charge in [-0.2, -0.15) is 0 Å². The van der Waals surface area contributed by atoms with Crippen molar-refractivity contribution in [2.24, 2.45) is 0 Å². The number of nitrogen functional groups attached to an aromatic ring is 1. The van der Waals surface area contributed by atoms with Crippen LogP contribution in [0.2, 0.25) is 0 Å². The summed E-state index contributed by atoms with van der Waals surface area (Å²) in [5.74, 6) is 0.689. The fraction of sp³-hybridized carbons (Fsp3) is 0.462. The average molecular weight is 371 g/mol. The minimum Gasteiger partial charge on any atom is -0.467 e. The lowest BCUT2D eigenvalue weighted by atomic mass is 10.2. The van der Waals surface area contributed by atoms with Crippen molar-refractivity contribution in [2.75, 3.05) is 20.0 Å². The Morgan fingerprint density at radius 1 is 1.40 bits per heavy atom. The van der Waals surface area contributed by atoms with Gasteiger partial charge in [-0.15, -0.1) is 0 Å². The fourth-order valence-electron chi connectivity index (χ4n) is 2.56. The molecule has 0 saturated heterocycles. The smallest absolute Gasteiger partial charge is 0.467 e. The molecule has 0 saturated carbocycles. The van der Waals surface area contributed by atoms with E-state index in [0.717, 1.165) is 7.11 Å². The molecule has 3 heterocycles. The number of allylic oxidation sites excluding steroid dienone is 1. The van der Waals surface area contributed by atoms with Crippen molar-refractivity contribution < 1.29 is 28.0 Å². The summed E-state index contributed by atoms with van der Waals surface area (Å²) < 4.78 is 34.4. The Kier molecular flexibility index (Phi) is 4.65. The predicted molar refractivity (Wildman–Crippen MR) is 85.9 cm³/mol. The Labute approximate surface area is 143 Å². The van der Waals surface area contributed by atoms with Crippen LogP contribution in [-0.2, 0) is 23.1 Å². The average Bonchev–Trinajstić information content (AvgIpc) is 3.16. The van der Waals surface area contributed by atoms with Crippen LogP contribution < -0.4 is 5.73 Å². The van der Waals surface area contributed by atoms with E-state index in [1.54, 1.807) is 4.57 Å². The fourth-order valence-corrected chi connectivity index (χ4v) is 3.09. The summed E-state index contributed by atoms with van der Waals surface area (Å²) in [5.41, 5.74) is 6.65. The minimum absolute atomic E-state index is 0.0894. The molecule has 0 fully saturated rings. The van der Waals surface area contributed by atoms with Gasteiger partial charge in [-0.3, -0.25) is 14.0 Å². The molecule has 2 aromatic heterocycles. The molecule has 1 aliphatic rings. The van der Waals surface area contributed by atoms with Crippen molar-refractivity contribution in [2.45, 2.75) is 25.7 Å². The first-order chi connectivity index (χ1) is 11.9. The topological polar surface area (TPSA) is 144 Å². The van der Waals surface area contributed by atoms with Gasteiger partial charge in [0.25, 0.3) is 0 Å². The van der Waals surface area contributed by atoms with Gasteiger partial charge in [-0.05, 0) is 0 Å². The lowest BCUT2D eigenvalue weighted by molar-refractivity contribution is -0.0298. The Balaban J connectivity index is 2.01. The quantitative estimate of drug-likeness (QED) is 0.714. The maximum atomic E-state index is 11.8. The number of hydrogen-bond donors (Lipinski definition) is 2. The van der Waals surface area contributed by atoms with Gasteiger partial charge < -0.3 is 19.7 Å². The van der Waals surface area contributed by atoms with E-state index >= 15 is 0 Å². The van der Waals surface area contributed by atoms with Gasteiger partial charge in [-0.25, -0.2) is 19.5 Å². The number of fused-ring (bicyclic) bond motifs is 1. The number of rotatable bonds is 6. The second-order valence-corrected chi connectivity index (χ2v) is 6.62. The number of imidazole rings is 1. The second kappa shape index (κ2) is 6.60. The van der Waals surface area contributed by atoms with Crippen molar-refractivity contribution >= 4 is 24.8 Å². The summed E-state index contributed by atoms with van der Waals surface area (Å²) in [4.78, 5) is 21.9. The normalized spacial score (nSPS) is 22.9. The van der Waals surface area contributed by atoms with Crippen LogP contribution in [0.5, 0.6) is 0 Å². The third-order valence-corrected chi connectivity index (χ3v) is 4.62. The molecule has 11 nitrogen and oxygen atoms in total. The molecule has 3 rings (SSSR count). The van der Waals surface area contributed by atoms with E-state index in [0.29, 0.717) is 23.3 Å². The number of phosphoric acid groups is 1. The van der Waals surface area contributed by atoms with E-state index in [4.69, 9.17) is 19.7 Å². The van der Waals surface area contributed by atoms with E-state index < -0.39 is 20.2 Å². The van der Waals surface area contributed by atoms with Gasteiger partial charge in [0.05, 0.1) is 0 Å². The standard InChI is InChI=1S/C13H18N5O6P/c1-4-7-9(24-25(19,20)22-3)10(21-2)13(23-7)18-6-17-8-11(14)15-5-16-12(8)18/h5-6,10,13H,4H2,1-3H3,(H,19,20)(H2,14,15,16)/t10?,13-/m1/s1. The molecule has 2 unspecified atom stereocenters. The first kappa shape index (κ1) is 17.6. The number of nitrogens with zero attached hydrogens (tertiary/aromatic N) is 4. The van der Waals surface area contributed by atoms with E-state index in [2.05, 4.69) is 19.5 Å². The number of nitrogens with two attached hydrogens (primary N) is 1. The third kappa shape index (κ3) is 3.07. The monoisotopic (exact) mass is 371 g/mol. The number of phosphoric ester groups is 1. The van der Waals surface area contributed by atoms with Gasteiger partial charge >= 0.3 is 7.82 Å². The molecule has 3 atom stereocenters. The van der Waals surface area contributed by atoms with Crippen molar-refractivity contribution in [3.63, 3.8) is 0 Å². The molecule has 0 spiro atoms. The summed E-state index contributed by atoms with van der Waals surface area (Å²) in [6, 6.07) is 0. The van der Waals surface area contributed by atoms with E-state index in [1.807, 2.05) is 6.92 Å². The summed E-state index contributed by atoms with van der Waals surface area (Å²) in [6.07, 6.45) is 1.66. The molecular formula is C13H18N5O6P. The highest BCUT2D eigenvalue weighted by molar-refractivity contribution is 7.47. The molecule has 12 heteroatoms. The molecule has 0 bridgehead atoms. The highest BCUT2D eigenvalue weighted by atomic mass is 31.2. The Hall–Kier alpha value is -2.20. The van der Waals surface area contributed by atoms with Gasteiger partial charge in [-0.1, -0.05) is 6.92 Å². The first-order valence-electron chi connectivity index (χ1n) is 7.35. The Bertz CT molecular complexity index is 868. The van der Waals surface area contributed by atoms with Gasteiger partial charge in [0.1, 0.15) is 23.9 Å². The summed E-state index contributed by atoms with van der Waals surface area (Å²) in [7, 11) is -1.77. The van der Waals surface area contributed by atoms with Gasteiger partial charge in [0, 0.05) is 20.6 Å². The van der Waals surface area contributed by atoms with Crippen molar-refractivity contribution in [3.8, 4) is 0 Å². The predicted octanol–water partition coefficient (Wildman–Crippen LogP) is 1.34. The zero-order valence-electron chi connectivity index (χ0n) is 13.8. The van der Waals surface area contributed by atoms with E-state index in [1.165, 1.54) is 19.8 Å². The molecule has 136 valence electrons. The molecule has 3 N–H and O–H groups in total. The first-order valence-corrected chi connectivity index (χ1v) is 8.85. The molecule has 25 heavy (non-hydrogen) atoms. The van der Waals surface area contributed by atoms with Crippen LogP contribution in [0.3, 0.4) is 0 Å². The summed E-state index contributed by atoms with van der Waals surface area (Å²) >= 11 is 0. The van der Waals surface area contributed by atoms with Gasteiger partial charge in [0.15, 0.2) is 23.3 Å². The number of anilines is 1. The summed E-state index contributed by atoms with van der Waals surface area (Å²) in [5, 5.41) is 0. The molecule has 1 aliphatic heterocycles. The van der Waals surface area contributed by atoms with E-state index in [-0.39, 0.29) is 11.6 Å².